The van der Waals surface area contributed by atoms with E-state index < -0.39 is 0 Å². The maximum atomic E-state index is 6.17. The molecule has 0 aliphatic carbocycles. The van der Waals surface area contributed by atoms with Gasteiger partial charge in [-0.05, 0) is 32.4 Å². The van der Waals surface area contributed by atoms with Crippen LogP contribution in [0.3, 0.4) is 0 Å². The molecule has 19 heavy (non-hydrogen) atoms. The average Bonchev–Trinajstić information content (AvgIpc) is 2.65. The smallest absolute Gasteiger partial charge is 0.144 e. The Labute approximate surface area is 118 Å². The summed E-state index contributed by atoms with van der Waals surface area (Å²) in [5.74, 6) is 0.683. The van der Waals surface area contributed by atoms with Crippen LogP contribution >= 0.6 is 11.6 Å². The molecule has 0 aliphatic heterocycles. The van der Waals surface area contributed by atoms with Crippen molar-refractivity contribution in [2.24, 2.45) is 0 Å². The first kappa shape index (κ1) is 13.7. The van der Waals surface area contributed by atoms with E-state index in [9.17, 15) is 0 Å². The Morgan fingerprint density at radius 2 is 2.11 bits per heavy atom. The van der Waals surface area contributed by atoms with Crippen LogP contribution in [0, 0.1) is 13.8 Å². The van der Waals surface area contributed by atoms with E-state index in [4.69, 9.17) is 22.1 Å². The number of nitrogens with two attached hydrogens (primary N) is 1. The van der Waals surface area contributed by atoms with Crippen LogP contribution in [0.1, 0.15) is 24.7 Å². The van der Waals surface area contributed by atoms with Crippen molar-refractivity contribution < 1.29 is 4.74 Å². The SMILES string of the molecule is CCCOc1cccc(-n2nc(C)c(Cl)c2C)c1N. The largest absolute Gasteiger partial charge is 0.491 e. The van der Waals surface area contributed by atoms with E-state index >= 15 is 0 Å². The van der Waals surface area contributed by atoms with Crippen molar-refractivity contribution >= 4 is 17.3 Å². The zero-order chi connectivity index (χ0) is 14.0. The molecule has 1 aromatic carbocycles. The first-order valence-corrected chi connectivity index (χ1v) is 6.67. The van der Waals surface area contributed by atoms with Crippen molar-refractivity contribution in [3.8, 4) is 11.4 Å². The standard InChI is InChI=1S/C14H18ClN3O/c1-4-8-19-12-7-5-6-11(14(12)16)18-10(3)13(15)9(2)17-18/h5-7H,4,8,16H2,1-3H3. The van der Waals surface area contributed by atoms with Crippen LogP contribution in [-0.2, 0) is 0 Å². The highest BCUT2D eigenvalue weighted by atomic mass is 35.5. The second-order valence-electron chi connectivity index (χ2n) is 4.43. The Morgan fingerprint density at radius 3 is 2.68 bits per heavy atom. The summed E-state index contributed by atoms with van der Waals surface area (Å²) >= 11 is 6.17. The minimum Gasteiger partial charge on any atom is -0.491 e. The molecule has 1 heterocycles. The van der Waals surface area contributed by atoms with E-state index in [1.54, 1.807) is 4.68 Å². The maximum Gasteiger partial charge on any atom is 0.144 e. The number of aromatic nitrogens is 2. The van der Waals surface area contributed by atoms with E-state index in [2.05, 4.69) is 12.0 Å². The lowest BCUT2D eigenvalue weighted by Crippen LogP contribution is -2.06. The number of nitrogen functional groups attached to an aromatic ring is 1. The zero-order valence-corrected chi connectivity index (χ0v) is 12.2. The van der Waals surface area contributed by atoms with E-state index in [1.807, 2.05) is 32.0 Å². The lowest BCUT2D eigenvalue weighted by atomic mass is 10.2. The van der Waals surface area contributed by atoms with Crippen molar-refractivity contribution in [1.29, 1.82) is 0 Å². The number of hydrogen-bond acceptors (Lipinski definition) is 3. The maximum absolute atomic E-state index is 6.17. The van der Waals surface area contributed by atoms with Crippen molar-refractivity contribution in [3.63, 3.8) is 0 Å². The Bertz CT molecular complexity index is 593. The Balaban J connectivity index is 2.47. The quantitative estimate of drug-likeness (QED) is 0.871. The molecule has 0 bridgehead atoms. The summed E-state index contributed by atoms with van der Waals surface area (Å²) in [5.41, 5.74) is 9.19. The first-order chi connectivity index (χ1) is 9.06. The summed E-state index contributed by atoms with van der Waals surface area (Å²) in [6.07, 6.45) is 0.940. The van der Waals surface area contributed by atoms with E-state index in [0.717, 1.165) is 23.5 Å². The van der Waals surface area contributed by atoms with E-state index in [1.165, 1.54) is 0 Å². The third kappa shape index (κ3) is 2.54. The molecule has 5 heteroatoms. The average molecular weight is 280 g/mol. The van der Waals surface area contributed by atoms with Gasteiger partial charge in [0.15, 0.2) is 0 Å². The number of aryl methyl sites for hydroxylation is 1. The number of ether oxygens (including phenoxy) is 1. The molecule has 102 valence electrons. The summed E-state index contributed by atoms with van der Waals surface area (Å²) < 4.78 is 7.38. The fraction of sp³-hybridized carbons (Fsp3) is 0.357. The Kier molecular flexibility index (Phi) is 4.00. The van der Waals surface area contributed by atoms with Crippen LogP contribution in [0.5, 0.6) is 5.75 Å². The number of halogens is 1. The molecule has 0 saturated carbocycles. The summed E-state index contributed by atoms with van der Waals surface area (Å²) in [4.78, 5) is 0. The molecule has 2 N–H and O–H groups in total. The molecule has 2 aromatic rings. The molecule has 2 rings (SSSR count). The van der Waals surface area contributed by atoms with Gasteiger partial charge in [-0.3, -0.25) is 0 Å². The van der Waals surface area contributed by atoms with Crippen LogP contribution < -0.4 is 10.5 Å². The Hall–Kier alpha value is -1.68. The van der Waals surface area contributed by atoms with Gasteiger partial charge >= 0.3 is 0 Å². The highest BCUT2D eigenvalue weighted by Crippen LogP contribution is 2.31. The van der Waals surface area contributed by atoms with Gasteiger partial charge in [0.25, 0.3) is 0 Å². The van der Waals surface area contributed by atoms with Gasteiger partial charge in [-0.2, -0.15) is 5.10 Å². The molecule has 0 fully saturated rings. The fourth-order valence-electron chi connectivity index (χ4n) is 1.91. The zero-order valence-electron chi connectivity index (χ0n) is 11.4. The van der Waals surface area contributed by atoms with Gasteiger partial charge in [0.1, 0.15) is 11.4 Å². The fourth-order valence-corrected chi connectivity index (χ4v) is 2.03. The van der Waals surface area contributed by atoms with Gasteiger partial charge in [0.05, 0.1) is 28.7 Å². The molecular formula is C14H18ClN3O. The van der Waals surface area contributed by atoms with Gasteiger partial charge in [-0.15, -0.1) is 0 Å². The third-order valence-electron chi connectivity index (χ3n) is 2.94. The number of para-hydroxylation sites is 1. The van der Waals surface area contributed by atoms with E-state index in [-0.39, 0.29) is 0 Å². The number of hydrogen-bond donors (Lipinski definition) is 1. The molecule has 1 aromatic heterocycles. The molecule has 0 amide bonds. The topological polar surface area (TPSA) is 53.1 Å². The van der Waals surface area contributed by atoms with E-state index in [0.29, 0.717) is 23.1 Å². The number of nitrogens with zero attached hydrogens (tertiary/aromatic N) is 2. The summed E-state index contributed by atoms with van der Waals surface area (Å²) in [6, 6.07) is 5.67. The summed E-state index contributed by atoms with van der Waals surface area (Å²) in [6.45, 7) is 6.49. The molecule has 0 atom stereocenters. The third-order valence-corrected chi connectivity index (χ3v) is 3.48. The minimum absolute atomic E-state index is 0.582. The molecule has 0 saturated heterocycles. The van der Waals surface area contributed by atoms with Crippen LogP contribution in [0.4, 0.5) is 5.69 Å². The van der Waals surface area contributed by atoms with Gasteiger partial charge in [-0.25, -0.2) is 4.68 Å². The lowest BCUT2D eigenvalue weighted by molar-refractivity contribution is 0.319. The van der Waals surface area contributed by atoms with Gasteiger partial charge < -0.3 is 10.5 Å². The first-order valence-electron chi connectivity index (χ1n) is 6.29. The second-order valence-corrected chi connectivity index (χ2v) is 4.81. The minimum atomic E-state index is 0.582. The van der Waals surface area contributed by atoms with Crippen LogP contribution in [0.15, 0.2) is 18.2 Å². The second kappa shape index (κ2) is 5.53. The monoisotopic (exact) mass is 279 g/mol. The predicted molar refractivity (Wildman–Crippen MR) is 78.2 cm³/mol. The van der Waals surface area contributed by atoms with Crippen LogP contribution in [-0.4, -0.2) is 16.4 Å². The molecule has 0 unspecified atom stereocenters. The molecular weight excluding hydrogens is 262 g/mol. The van der Waals surface area contributed by atoms with Crippen molar-refractivity contribution in [2.75, 3.05) is 12.3 Å². The molecule has 4 nitrogen and oxygen atoms in total. The van der Waals surface area contributed by atoms with Gasteiger partial charge in [0.2, 0.25) is 0 Å². The normalized spacial score (nSPS) is 10.7. The van der Waals surface area contributed by atoms with Crippen molar-refractivity contribution in [1.82, 2.24) is 9.78 Å². The highest BCUT2D eigenvalue weighted by molar-refractivity contribution is 6.31. The van der Waals surface area contributed by atoms with Crippen LogP contribution in [0.2, 0.25) is 5.02 Å². The van der Waals surface area contributed by atoms with Gasteiger partial charge in [0, 0.05) is 0 Å². The molecule has 0 aliphatic rings. The number of benzene rings is 1. The van der Waals surface area contributed by atoms with Crippen LogP contribution in [0.25, 0.3) is 5.69 Å². The Morgan fingerprint density at radius 1 is 1.37 bits per heavy atom. The summed E-state index contributed by atoms with van der Waals surface area (Å²) in [7, 11) is 0. The van der Waals surface area contributed by atoms with Gasteiger partial charge in [-0.1, -0.05) is 24.6 Å². The predicted octanol–water partition coefficient (Wildman–Crippen LogP) is 3.51. The summed E-state index contributed by atoms with van der Waals surface area (Å²) in [5, 5.41) is 5.08. The highest BCUT2D eigenvalue weighted by Gasteiger charge is 2.14. The molecule has 0 radical (unpaired) electrons. The van der Waals surface area contributed by atoms with Crippen molar-refractivity contribution in [2.45, 2.75) is 27.2 Å². The van der Waals surface area contributed by atoms with Crippen molar-refractivity contribution in [3.05, 3.63) is 34.6 Å². The number of anilines is 1. The lowest BCUT2D eigenvalue weighted by Gasteiger charge is -2.13. The number of rotatable bonds is 4. The molecule has 0 spiro atoms.